The second-order valence-corrected chi connectivity index (χ2v) is 4.81. The molecule has 0 fully saturated rings. The molecule has 0 saturated heterocycles. The van der Waals surface area contributed by atoms with Gasteiger partial charge in [0, 0.05) is 6.42 Å². The predicted molar refractivity (Wildman–Crippen MR) is 76.7 cm³/mol. The number of halogens is 1. The number of aromatic nitrogens is 4. The second-order valence-electron chi connectivity index (χ2n) is 4.81. The first-order chi connectivity index (χ1) is 11.0. The van der Waals surface area contributed by atoms with Crippen LogP contribution >= 0.6 is 0 Å². The molecule has 1 N–H and O–H groups in total. The van der Waals surface area contributed by atoms with Gasteiger partial charge in [0.25, 0.3) is 0 Å². The number of hydrogen-bond acceptors (Lipinski definition) is 6. The summed E-state index contributed by atoms with van der Waals surface area (Å²) in [6, 6.07) is 5.02. The number of nitrogens with one attached hydrogen (secondary N) is 1. The highest BCUT2D eigenvalue weighted by Gasteiger charge is 2.24. The van der Waals surface area contributed by atoms with Crippen LogP contribution in [-0.4, -0.2) is 45.7 Å². The van der Waals surface area contributed by atoms with E-state index in [1.54, 1.807) is 19.1 Å². The fraction of sp³-hybridized carbons (Fsp3) is 0.357. The molecule has 0 aliphatic carbocycles. The molecule has 1 unspecified atom stereocenters. The minimum absolute atomic E-state index is 0.249. The van der Waals surface area contributed by atoms with E-state index in [1.165, 1.54) is 23.9 Å². The molecule has 1 atom stereocenters. The van der Waals surface area contributed by atoms with Gasteiger partial charge in [-0.1, -0.05) is 12.1 Å². The number of esters is 1. The van der Waals surface area contributed by atoms with Gasteiger partial charge in [-0.15, -0.1) is 5.10 Å². The molecule has 0 bridgehead atoms. The molecule has 23 heavy (non-hydrogen) atoms. The van der Waals surface area contributed by atoms with Gasteiger partial charge in [-0.2, -0.15) is 0 Å². The number of carbonyl (C=O) groups is 2. The zero-order chi connectivity index (χ0) is 16.8. The first-order valence-electron chi connectivity index (χ1n) is 6.84. The van der Waals surface area contributed by atoms with Crippen molar-refractivity contribution in [2.24, 2.45) is 0 Å². The molecule has 0 saturated carbocycles. The first-order valence-corrected chi connectivity index (χ1v) is 6.84. The summed E-state index contributed by atoms with van der Waals surface area (Å²) < 4.78 is 18.8. The first kappa shape index (κ1) is 16.5. The summed E-state index contributed by atoms with van der Waals surface area (Å²) >= 11 is 0. The molecule has 0 spiro atoms. The standard InChI is InChI=1S/C14H16FN5O3/c1-9-17-18-19-20(9)12(14(22)16-8-13(21)23-2)7-10-3-5-11(15)6-4-10/h3-6,12H,7-8H2,1-2H3,(H,16,22). The van der Waals surface area contributed by atoms with Gasteiger partial charge in [0.15, 0.2) is 0 Å². The van der Waals surface area contributed by atoms with Crippen LogP contribution in [0.1, 0.15) is 17.4 Å². The van der Waals surface area contributed by atoms with Crippen LogP contribution in [0.5, 0.6) is 0 Å². The van der Waals surface area contributed by atoms with E-state index in [0.29, 0.717) is 5.82 Å². The molecular formula is C14H16FN5O3. The van der Waals surface area contributed by atoms with Gasteiger partial charge in [-0.05, 0) is 35.0 Å². The maximum absolute atomic E-state index is 13.0. The summed E-state index contributed by atoms with van der Waals surface area (Å²) in [6.45, 7) is 1.40. The van der Waals surface area contributed by atoms with Crippen LogP contribution in [0.4, 0.5) is 4.39 Å². The highest BCUT2D eigenvalue weighted by molar-refractivity contribution is 5.84. The highest BCUT2D eigenvalue weighted by atomic mass is 19.1. The van der Waals surface area contributed by atoms with E-state index in [4.69, 9.17) is 0 Å². The third kappa shape index (κ3) is 4.31. The number of benzene rings is 1. The smallest absolute Gasteiger partial charge is 0.325 e. The monoisotopic (exact) mass is 321 g/mol. The third-order valence-corrected chi connectivity index (χ3v) is 3.23. The van der Waals surface area contributed by atoms with Crippen LogP contribution in [0.25, 0.3) is 0 Å². The number of aryl methyl sites for hydroxylation is 1. The molecule has 0 aliphatic rings. The van der Waals surface area contributed by atoms with Gasteiger partial charge < -0.3 is 10.1 Å². The Hall–Kier alpha value is -2.84. The van der Waals surface area contributed by atoms with Gasteiger partial charge in [-0.3, -0.25) is 9.59 Å². The lowest BCUT2D eigenvalue weighted by Crippen LogP contribution is -2.38. The lowest BCUT2D eigenvalue weighted by atomic mass is 10.1. The van der Waals surface area contributed by atoms with Crippen molar-refractivity contribution < 1.29 is 18.7 Å². The van der Waals surface area contributed by atoms with Crippen LogP contribution in [0, 0.1) is 12.7 Å². The number of methoxy groups -OCH3 is 1. The Bertz CT molecular complexity index is 686. The van der Waals surface area contributed by atoms with E-state index >= 15 is 0 Å². The summed E-state index contributed by atoms with van der Waals surface area (Å²) in [7, 11) is 1.23. The van der Waals surface area contributed by atoms with Crippen LogP contribution in [-0.2, 0) is 20.7 Å². The quantitative estimate of drug-likeness (QED) is 0.763. The largest absolute Gasteiger partial charge is 0.468 e. The molecule has 2 aromatic rings. The Morgan fingerprint density at radius 1 is 1.35 bits per heavy atom. The van der Waals surface area contributed by atoms with Crippen molar-refractivity contribution in [3.63, 3.8) is 0 Å². The van der Waals surface area contributed by atoms with Crippen LogP contribution in [0.2, 0.25) is 0 Å². The van der Waals surface area contributed by atoms with Crippen molar-refractivity contribution >= 4 is 11.9 Å². The van der Waals surface area contributed by atoms with E-state index in [1.807, 2.05) is 0 Å². The number of hydrogen-bond donors (Lipinski definition) is 1. The fourth-order valence-electron chi connectivity index (χ4n) is 2.01. The van der Waals surface area contributed by atoms with Crippen molar-refractivity contribution in [3.05, 3.63) is 41.5 Å². The molecule has 0 aliphatic heterocycles. The zero-order valence-electron chi connectivity index (χ0n) is 12.7. The summed E-state index contributed by atoms with van der Waals surface area (Å²) in [5.41, 5.74) is 0.736. The van der Waals surface area contributed by atoms with E-state index < -0.39 is 17.9 Å². The van der Waals surface area contributed by atoms with Gasteiger partial charge in [0.05, 0.1) is 7.11 Å². The number of amides is 1. The highest BCUT2D eigenvalue weighted by Crippen LogP contribution is 2.15. The van der Waals surface area contributed by atoms with E-state index in [-0.39, 0.29) is 18.8 Å². The predicted octanol–water partition coefficient (Wildman–Crippen LogP) is 0.194. The Kier molecular flexibility index (Phi) is 5.34. The summed E-state index contributed by atoms with van der Waals surface area (Å²) in [6.07, 6.45) is 0.249. The Morgan fingerprint density at radius 3 is 2.61 bits per heavy atom. The number of tetrazole rings is 1. The molecule has 2 rings (SSSR count). The number of rotatable bonds is 6. The average molecular weight is 321 g/mol. The van der Waals surface area contributed by atoms with Crippen molar-refractivity contribution in [2.75, 3.05) is 13.7 Å². The van der Waals surface area contributed by atoms with Gasteiger partial charge in [0.2, 0.25) is 5.91 Å². The molecule has 1 aromatic carbocycles. The van der Waals surface area contributed by atoms with Crippen molar-refractivity contribution in [1.29, 1.82) is 0 Å². The lowest BCUT2D eigenvalue weighted by molar-refractivity contribution is -0.141. The topological polar surface area (TPSA) is 99.0 Å². The van der Waals surface area contributed by atoms with Crippen LogP contribution in [0.3, 0.4) is 0 Å². The average Bonchev–Trinajstić information content (AvgIpc) is 2.97. The Labute approximate surface area is 131 Å². The van der Waals surface area contributed by atoms with E-state index in [0.717, 1.165) is 5.56 Å². The number of carbonyl (C=O) groups excluding carboxylic acids is 2. The van der Waals surface area contributed by atoms with E-state index in [2.05, 4.69) is 25.6 Å². The van der Waals surface area contributed by atoms with Gasteiger partial charge >= 0.3 is 5.97 Å². The molecule has 1 aromatic heterocycles. The van der Waals surface area contributed by atoms with Crippen LogP contribution in [0.15, 0.2) is 24.3 Å². The molecule has 1 heterocycles. The zero-order valence-corrected chi connectivity index (χ0v) is 12.7. The second kappa shape index (κ2) is 7.43. The van der Waals surface area contributed by atoms with E-state index in [9.17, 15) is 14.0 Å². The minimum Gasteiger partial charge on any atom is -0.468 e. The SMILES string of the molecule is COC(=O)CNC(=O)C(Cc1ccc(F)cc1)n1nnnc1C. The third-order valence-electron chi connectivity index (χ3n) is 3.23. The van der Waals surface area contributed by atoms with Crippen LogP contribution < -0.4 is 5.32 Å². The molecule has 1 amide bonds. The van der Waals surface area contributed by atoms with Gasteiger partial charge in [-0.25, -0.2) is 9.07 Å². The molecule has 8 nitrogen and oxygen atoms in total. The molecule has 122 valence electrons. The summed E-state index contributed by atoms with van der Waals surface area (Å²) in [5.74, 6) is -0.910. The fourth-order valence-corrected chi connectivity index (χ4v) is 2.01. The molecule has 0 radical (unpaired) electrons. The summed E-state index contributed by atoms with van der Waals surface area (Å²) in [5, 5.41) is 13.6. The van der Waals surface area contributed by atoms with Crippen molar-refractivity contribution in [3.8, 4) is 0 Å². The molecule has 9 heteroatoms. The van der Waals surface area contributed by atoms with Crippen molar-refractivity contribution in [2.45, 2.75) is 19.4 Å². The Morgan fingerprint density at radius 2 is 2.04 bits per heavy atom. The van der Waals surface area contributed by atoms with Crippen molar-refractivity contribution in [1.82, 2.24) is 25.5 Å². The molecular weight excluding hydrogens is 305 g/mol. The maximum atomic E-state index is 13.0. The number of ether oxygens (including phenoxy) is 1. The normalized spacial score (nSPS) is 11.8. The maximum Gasteiger partial charge on any atom is 0.325 e. The Balaban J connectivity index is 2.18. The minimum atomic E-state index is -0.764. The van der Waals surface area contributed by atoms with Gasteiger partial charge in [0.1, 0.15) is 24.2 Å². The summed E-state index contributed by atoms with van der Waals surface area (Å²) in [4.78, 5) is 23.5. The number of nitrogens with zero attached hydrogens (tertiary/aromatic N) is 4. The lowest BCUT2D eigenvalue weighted by Gasteiger charge is -2.17.